The molecule has 0 radical (unpaired) electrons. The van der Waals surface area contributed by atoms with Crippen LogP contribution in [-0.4, -0.2) is 58.5 Å². The fraction of sp³-hybridized carbons (Fsp3) is 0.333. The van der Waals surface area contributed by atoms with E-state index in [-0.39, 0.29) is 18.4 Å². The molecule has 2 fully saturated rings. The number of hydrogen-bond donors (Lipinski definition) is 1. The van der Waals surface area contributed by atoms with Crippen LogP contribution in [-0.2, 0) is 9.53 Å². The van der Waals surface area contributed by atoms with Gasteiger partial charge in [-0.25, -0.2) is 9.97 Å². The summed E-state index contributed by atoms with van der Waals surface area (Å²) in [4.78, 5) is 38.4. The Balaban J connectivity index is 1.30. The summed E-state index contributed by atoms with van der Waals surface area (Å²) >= 11 is 0. The van der Waals surface area contributed by atoms with Crippen molar-refractivity contribution in [2.24, 2.45) is 0 Å². The van der Waals surface area contributed by atoms with E-state index in [0.717, 1.165) is 29.7 Å². The van der Waals surface area contributed by atoms with Crippen LogP contribution in [0.25, 0.3) is 11.3 Å². The lowest BCUT2D eigenvalue weighted by Crippen LogP contribution is -2.55. The number of nitrogens with two attached hydrogens (primary N) is 1. The van der Waals surface area contributed by atoms with Gasteiger partial charge in [-0.1, -0.05) is 23.8 Å². The standard InChI is InChI=1S/C27H29N5O3/c1-19-6-9-21(10-7-19)32-18-27(35-17-25(32)33)12-3-14-31(15-13-27)26(34)23-5-2-4-22(30-23)20-8-11-24(28)29-16-20/h2,4-11,16H,3,12-15,17-18H2,1H3,(H2,28,29)/t27-/m1/s1. The van der Waals surface area contributed by atoms with Gasteiger partial charge in [0.2, 0.25) is 0 Å². The molecule has 0 bridgehead atoms. The quantitative estimate of drug-likeness (QED) is 0.628. The molecule has 2 saturated heterocycles. The number of rotatable bonds is 3. The van der Waals surface area contributed by atoms with E-state index in [9.17, 15) is 9.59 Å². The number of benzene rings is 1. The first-order valence-electron chi connectivity index (χ1n) is 11.9. The molecule has 35 heavy (non-hydrogen) atoms. The molecule has 0 unspecified atom stereocenters. The molecule has 1 spiro atoms. The van der Waals surface area contributed by atoms with Crippen LogP contribution in [0.4, 0.5) is 11.5 Å². The molecule has 1 atom stereocenters. The van der Waals surface area contributed by atoms with Crippen LogP contribution >= 0.6 is 0 Å². The molecule has 3 aromatic rings. The van der Waals surface area contributed by atoms with E-state index in [1.165, 1.54) is 0 Å². The molecule has 8 heteroatoms. The summed E-state index contributed by atoms with van der Waals surface area (Å²) in [7, 11) is 0. The number of likely N-dealkylation sites (tertiary alicyclic amines) is 1. The summed E-state index contributed by atoms with van der Waals surface area (Å²) in [5.74, 6) is 0.302. The Labute approximate surface area is 204 Å². The van der Waals surface area contributed by atoms with Gasteiger partial charge in [-0.3, -0.25) is 9.59 Å². The molecule has 2 aromatic heterocycles. The van der Waals surface area contributed by atoms with Crippen LogP contribution in [0.1, 0.15) is 35.3 Å². The van der Waals surface area contributed by atoms with Crippen molar-refractivity contribution in [2.45, 2.75) is 31.8 Å². The first-order chi connectivity index (χ1) is 16.9. The van der Waals surface area contributed by atoms with Crippen molar-refractivity contribution < 1.29 is 14.3 Å². The van der Waals surface area contributed by atoms with Crippen LogP contribution in [0.15, 0.2) is 60.8 Å². The van der Waals surface area contributed by atoms with Gasteiger partial charge in [0.1, 0.15) is 18.1 Å². The van der Waals surface area contributed by atoms with Crippen molar-refractivity contribution in [3.05, 3.63) is 72.1 Å². The van der Waals surface area contributed by atoms with E-state index in [2.05, 4.69) is 9.97 Å². The van der Waals surface area contributed by atoms with Gasteiger partial charge in [0, 0.05) is 30.5 Å². The zero-order chi connectivity index (χ0) is 24.4. The first kappa shape index (κ1) is 23.0. The summed E-state index contributed by atoms with van der Waals surface area (Å²) in [6.45, 7) is 3.75. The molecule has 2 amide bonds. The highest BCUT2D eigenvalue weighted by Gasteiger charge is 2.42. The maximum Gasteiger partial charge on any atom is 0.272 e. The highest BCUT2D eigenvalue weighted by atomic mass is 16.5. The average Bonchev–Trinajstić information content (AvgIpc) is 3.09. The Morgan fingerprint density at radius 3 is 2.66 bits per heavy atom. The van der Waals surface area contributed by atoms with Crippen LogP contribution in [0.5, 0.6) is 0 Å². The third kappa shape index (κ3) is 4.88. The van der Waals surface area contributed by atoms with Gasteiger partial charge < -0.3 is 20.3 Å². The number of aryl methyl sites for hydroxylation is 1. The second kappa shape index (κ2) is 9.46. The highest BCUT2D eigenvalue weighted by Crippen LogP contribution is 2.33. The van der Waals surface area contributed by atoms with Gasteiger partial charge in [0.05, 0.1) is 17.8 Å². The van der Waals surface area contributed by atoms with Crippen LogP contribution < -0.4 is 10.6 Å². The molecule has 1 aromatic carbocycles. The van der Waals surface area contributed by atoms with Gasteiger partial charge in [-0.05, 0) is 62.6 Å². The summed E-state index contributed by atoms with van der Waals surface area (Å²) in [6, 6.07) is 17.0. The molecule has 8 nitrogen and oxygen atoms in total. The van der Waals surface area contributed by atoms with Crippen molar-refractivity contribution in [1.29, 1.82) is 0 Å². The maximum absolute atomic E-state index is 13.4. The number of ether oxygens (including phenoxy) is 1. The molecular weight excluding hydrogens is 442 g/mol. The number of amides is 2. The van der Waals surface area contributed by atoms with E-state index in [4.69, 9.17) is 10.5 Å². The summed E-state index contributed by atoms with van der Waals surface area (Å²) in [6.07, 6.45) is 3.90. The third-order valence-corrected chi connectivity index (χ3v) is 6.83. The predicted molar refractivity (Wildman–Crippen MR) is 134 cm³/mol. The molecule has 4 heterocycles. The monoisotopic (exact) mass is 471 g/mol. The van der Waals surface area contributed by atoms with Gasteiger partial charge in [-0.15, -0.1) is 0 Å². The topological polar surface area (TPSA) is 102 Å². The largest absolute Gasteiger partial charge is 0.384 e. The fourth-order valence-corrected chi connectivity index (χ4v) is 4.78. The molecule has 0 aliphatic carbocycles. The Bertz CT molecular complexity index is 1230. The predicted octanol–water partition coefficient (Wildman–Crippen LogP) is 3.46. The number of morpholine rings is 1. The van der Waals surface area contributed by atoms with E-state index in [0.29, 0.717) is 43.3 Å². The number of carbonyl (C=O) groups excluding carboxylic acids is 2. The smallest absolute Gasteiger partial charge is 0.272 e. The van der Waals surface area contributed by atoms with Crippen molar-refractivity contribution in [1.82, 2.24) is 14.9 Å². The summed E-state index contributed by atoms with van der Waals surface area (Å²) in [5, 5.41) is 0. The second-order valence-electron chi connectivity index (χ2n) is 9.31. The summed E-state index contributed by atoms with van der Waals surface area (Å²) < 4.78 is 6.13. The number of aromatic nitrogens is 2. The van der Waals surface area contributed by atoms with Gasteiger partial charge in [-0.2, -0.15) is 0 Å². The van der Waals surface area contributed by atoms with Crippen molar-refractivity contribution in [3.8, 4) is 11.3 Å². The lowest BCUT2D eigenvalue weighted by molar-refractivity contribution is -0.140. The number of hydrogen-bond acceptors (Lipinski definition) is 6. The maximum atomic E-state index is 13.4. The minimum atomic E-state index is -0.460. The van der Waals surface area contributed by atoms with E-state index in [1.807, 2.05) is 59.2 Å². The summed E-state index contributed by atoms with van der Waals surface area (Å²) in [5.41, 5.74) is 9.15. The zero-order valence-electron chi connectivity index (χ0n) is 19.8. The van der Waals surface area contributed by atoms with Gasteiger partial charge in [0.15, 0.2) is 0 Å². The second-order valence-corrected chi connectivity index (χ2v) is 9.31. The third-order valence-electron chi connectivity index (χ3n) is 6.83. The Morgan fingerprint density at radius 1 is 1.06 bits per heavy atom. The average molecular weight is 472 g/mol. The van der Waals surface area contributed by atoms with Crippen LogP contribution in [0, 0.1) is 6.92 Å². The van der Waals surface area contributed by atoms with Gasteiger partial charge >= 0.3 is 0 Å². The van der Waals surface area contributed by atoms with E-state index >= 15 is 0 Å². The SMILES string of the molecule is Cc1ccc(N2C[C@]3(CCCN(C(=O)c4cccc(-c5ccc(N)nc5)n4)CC3)OCC2=O)cc1. The molecule has 2 aliphatic rings. The minimum absolute atomic E-state index is 0.0326. The number of pyridine rings is 2. The lowest BCUT2D eigenvalue weighted by atomic mass is 9.92. The molecule has 180 valence electrons. The zero-order valence-corrected chi connectivity index (χ0v) is 19.8. The molecular formula is C27H29N5O3. The highest BCUT2D eigenvalue weighted by molar-refractivity contribution is 5.95. The molecule has 2 N–H and O–H groups in total. The molecule has 0 saturated carbocycles. The lowest BCUT2D eigenvalue weighted by Gasteiger charge is -2.42. The number of nitrogen functional groups attached to an aromatic ring is 1. The molecule has 5 rings (SSSR count). The fourth-order valence-electron chi connectivity index (χ4n) is 4.78. The number of anilines is 2. The minimum Gasteiger partial charge on any atom is -0.384 e. The number of carbonyl (C=O) groups is 2. The normalized spacial score (nSPS) is 20.7. The Kier molecular flexibility index (Phi) is 6.21. The van der Waals surface area contributed by atoms with Crippen molar-refractivity contribution in [2.75, 3.05) is 36.9 Å². The Hall–Kier alpha value is -3.78. The van der Waals surface area contributed by atoms with Crippen molar-refractivity contribution in [3.63, 3.8) is 0 Å². The van der Waals surface area contributed by atoms with Crippen molar-refractivity contribution >= 4 is 23.3 Å². The van der Waals surface area contributed by atoms with Crippen LogP contribution in [0.2, 0.25) is 0 Å². The van der Waals surface area contributed by atoms with Crippen LogP contribution in [0.3, 0.4) is 0 Å². The Morgan fingerprint density at radius 2 is 1.89 bits per heavy atom. The van der Waals surface area contributed by atoms with Gasteiger partial charge in [0.25, 0.3) is 11.8 Å². The van der Waals surface area contributed by atoms with E-state index in [1.54, 1.807) is 18.3 Å². The molecule has 2 aliphatic heterocycles. The number of nitrogens with zero attached hydrogens (tertiary/aromatic N) is 4. The van der Waals surface area contributed by atoms with E-state index < -0.39 is 5.60 Å². The first-order valence-corrected chi connectivity index (χ1v) is 11.9.